The van der Waals surface area contributed by atoms with E-state index in [9.17, 15) is 4.79 Å². The first-order valence-corrected chi connectivity index (χ1v) is 7.93. The van der Waals surface area contributed by atoms with Crippen LogP contribution in [-0.2, 0) is 4.79 Å². The van der Waals surface area contributed by atoms with Gasteiger partial charge < -0.3 is 5.32 Å². The first-order chi connectivity index (χ1) is 8.99. The fourth-order valence-corrected chi connectivity index (χ4v) is 2.80. The lowest BCUT2D eigenvalue weighted by atomic mass is 9.97. The molecule has 0 radical (unpaired) electrons. The fourth-order valence-electron chi connectivity index (χ4n) is 2.08. The van der Waals surface area contributed by atoms with Crippen molar-refractivity contribution in [2.24, 2.45) is 5.92 Å². The number of benzene rings is 1. The van der Waals surface area contributed by atoms with Crippen LogP contribution in [0.5, 0.6) is 0 Å². The van der Waals surface area contributed by atoms with Crippen molar-refractivity contribution in [2.45, 2.75) is 46.5 Å². The summed E-state index contributed by atoms with van der Waals surface area (Å²) in [5.41, 5.74) is 1.74. The molecule has 2 nitrogen and oxygen atoms in total. The zero-order valence-electron chi connectivity index (χ0n) is 11.7. The second-order valence-electron chi connectivity index (χ2n) is 4.84. The standard InChI is InChI=1S/C15H21BrClNO/c1-4-6-11(7-5-2)15(19)18-14-9-13(17)10(3)8-12(14)16/h8-9,11H,4-7H2,1-3H3,(H,18,19). The van der Waals surface area contributed by atoms with Crippen molar-refractivity contribution >= 4 is 39.1 Å². The second kappa shape index (κ2) is 7.91. The molecule has 0 unspecified atom stereocenters. The first kappa shape index (κ1) is 16.5. The van der Waals surface area contributed by atoms with Crippen LogP contribution in [0.15, 0.2) is 16.6 Å². The molecule has 0 heterocycles. The van der Waals surface area contributed by atoms with Gasteiger partial charge in [0.05, 0.1) is 5.69 Å². The van der Waals surface area contributed by atoms with Gasteiger partial charge in [0.1, 0.15) is 0 Å². The van der Waals surface area contributed by atoms with Crippen molar-refractivity contribution in [1.29, 1.82) is 0 Å². The van der Waals surface area contributed by atoms with Crippen LogP contribution in [0.1, 0.15) is 45.1 Å². The fraction of sp³-hybridized carbons (Fsp3) is 0.533. The molecule has 0 atom stereocenters. The topological polar surface area (TPSA) is 29.1 Å². The number of rotatable bonds is 6. The predicted molar refractivity (Wildman–Crippen MR) is 85.8 cm³/mol. The molecular weight excluding hydrogens is 326 g/mol. The lowest BCUT2D eigenvalue weighted by Crippen LogP contribution is -2.23. The minimum Gasteiger partial charge on any atom is -0.325 e. The summed E-state index contributed by atoms with van der Waals surface area (Å²) >= 11 is 9.56. The Bertz CT molecular complexity index is 442. The van der Waals surface area contributed by atoms with Crippen LogP contribution < -0.4 is 5.32 Å². The van der Waals surface area contributed by atoms with Crippen molar-refractivity contribution in [3.05, 3.63) is 27.2 Å². The molecule has 0 aliphatic rings. The van der Waals surface area contributed by atoms with Crippen molar-refractivity contribution in [3.63, 3.8) is 0 Å². The maximum atomic E-state index is 12.3. The Labute approximate surface area is 129 Å². The number of halogens is 2. The van der Waals surface area contributed by atoms with Crippen LogP contribution in [0.25, 0.3) is 0 Å². The van der Waals surface area contributed by atoms with Crippen LogP contribution in [0, 0.1) is 12.8 Å². The smallest absolute Gasteiger partial charge is 0.227 e. The molecule has 106 valence electrons. The molecule has 1 rings (SSSR count). The number of hydrogen-bond donors (Lipinski definition) is 1. The van der Waals surface area contributed by atoms with Gasteiger partial charge in [0.15, 0.2) is 0 Å². The van der Waals surface area contributed by atoms with E-state index >= 15 is 0 Å². The zero-order valence-corrected chi connectivity index (χ0v) is 14.1. The van der Waals surface area contributed by atoms with Gasteiger partial charge in [0.2, 0.25) is 5.91 Å². The monoisotopic (exact) mass is 345 g/mol. The van der Waals surface area contributed by atoms with Crippen molar-refractivity contribution in [3.8, 4) is 0 Å². The minimum atomic E-state index is 0.0852. The Morgan fingerprint density at radius 3 is 2.42 bits per heavy atom. The molecule has 0 spiro atoms. The number of carbonyl (C=O) groups excluding carboxylic acids is 1. The molecule has 0 aliphatic heterocycles. The molecule has 1 amide bonds. The van der Waals surface area contributed by atoms with Gasteiger partial charge in [-0.15, -0.1) is 0 Å². The van der Waals surface area contributed by atoms with E-state index in [1.165, 1.54) is 0 Å². The summed E-state index contributed by atoms with van der Waals surface area (Å²) in [6.07, 6.45) is 3.90. The van der Waals surface area contributed by atoms with Gasteiger partial charge in [-0.2, -0.15) is 0 Å². The van der Waals surface area contributed by atoms with E-state index in [2.05, 4.69) is 35.1 Å². The summed E-state index contributed by atoms with van der Waals surface area (Å²) in [6, 6.07) is 3.72. The molecule has 1 N–H and O–H groups in total. The van der Waals surface area contributed by atoms with E-state index in [1.54, 1.807) is 6.07 Å². The van der Waals surface area contributed by atoms with Crippen LogP contribution in [0.2, 0.25) is 5.02 Å². The first-order valence-electron chi connectivity index (χ1n) is 6.76. The third-order valence-corrected chi connectivity index (χ3v) is 4.21. The number of aryl methyl sites for hydroxylation is 1. The summed E-state index contributed by atoms with van der Waals surface area (Å²) in [4.78, 5) is 12.3. The van der Waals surface area contributed by atoms with E-state index in [4.69, 9.17) is 11.6 Å². The van der Waals surface area contributed by atoms with E-state index in [1.807, 2.05) is 13.0 Å². The van der Waals surface area contributed by atoms with Gasteiger partial charge >= 0.3 is 0 Å². The maximum Gasteiger partial charge on any atom is 0.227 e. The van der Waals surface area contributed by atoms with Gasteiger partial charge in [0, 0.05) is 15.4 Å². The second-order valence-corrected chi connectivity index (χ2v) is 6.11. The van der Waals surface area contributed by atoms with E-state index in [0.717, 1.165) is 41.4 Å². The number of anilines is 1. The highest BCUT2D eigenvalue weighted by Crippen LogP contribution is 2.30. The molecule has 0 bridgehead atoms. The van der Waals surface area contributed by atoms with Gasteiger partial charge in [0.25, 0.3) is 0 Å². The lowest BCUT2D eigenvalue weighted by Gasteiger charge is -2.16. The molecule has 4 heteroatoms. The number of nitrogens with one attached hydrogen (secondary N) is 1. The van der Waals surface area contributed by atoms with Gasteiger partial charge in [-0.1, -0.05) is 38.3 Å². The van der Waals surface area contributed by atoms with E-state index in [0.29, 0.717) is 5.02 Å². The van der Waals surface area contributed by atoms with Crippen molar-refractivity contribution in [2.75, 3.05) is 5.32 Å². The van der Waals surface area contributed by atoms with Gasteiger partial charge in [-0.3, -0.25) is 4.79 Å². The molecule has 19 heavy (non-hydrogen) atoms. The summed E-state index contributed by atoms with van der Waals surface area (Å²) in [5, 5.41) is 3.65. The van der Waals surface area contributed by atoms with Gasteiger partial charge in [-0.05, 0) is 53.4 Å². The average molecular weight is 347 g/mol. The highest BCUT2D eigenvalue weighted by atomic mass is 79.9. The Hall–Kier alpha value is -0.540. The SMILES string of the molecule is CCCC(CCC)C(=O)Nc1cc(Cl)c(C)cc1Br. The Balaban J connectivity index is 2.83. The van der Waals surface area contributed by atoms with Crippen LogP contribution >= 0.6 is 27.5 Å². The largest absolute Gasteiger partial charge is 0.325 e. The minimum absolute atomic E-state index is 0.0852. The third-order valence-electron chi connectivity index (χ3n) is 3.15. The van der Waals surface area contributed by atoms with Crippen LogP contribution in [0.4, 0.5) is 5.69 Å². The van der Waals surface area contributed by atoms with E-state index in [-0.39, 0.29) is 11.8 Å². The Morgan fingerprint density at radius 2 is 1.89 bits per heavy atom. The van der Waals surface area contributed by atoms with Crippen molar-refractivity contribution < 1.29 is 4.79 Å². The molecule has 0 saturated heterocycles. The molecule has 1 aromatic rings. The summed E-state index contributed by atoms with van der Waals surface area (Å²) in [7, 11) is 0. The molecule has 0 fully saturated rings. The van der Waals surface area contributed by atoms with Crippen molar-refractivity contribution in [1.82, 2.24) is 0 Å². The molecule has 0 aromatic heterocycles. The average Bonchev–Trinajstić information content (AvgIpc) is 2.35. The third kappa shape index (κ3) is 4.81. The molecule has 1 aromatic carbocycles. The maximum absolute atomic E-state index is 12.3. The van der Waals surface area contributed by atoms with Gasteiger partial charge in [-0.25, -0.2) is 0 Å². The lowest BCUT2D eigenvalue weighted by molar-refractivity contribution is -0.120. The molecule has 0 saturated carbocycles. The number of hydrogen-bond acceptors (Lipinski definition) is 1. The van der Waals surface area contributed by atoms with E-state index < -0.39 is 0 Å². The number of amides is 1. The zero-order chi connectivity index (χ0) is 14.4. The normalized spacial score (nSPS) is 10.8. The summed E-state index contributed by atoms with van der Waals surface area (Å²) in [5.74, 6) is 0.172. The predicted octanol–water partition coefficient (Wildman–Crippen LogP) is 5.57. The Kier molecular flexibility index (Phi) is 6.87. The quantitative estimate of drug-likeness (QED) is 0.717. The van der Waals surface area contributed by atoms with Crippen LogP contribution in [-0.4, -0.2) is 5.91 Å². The highest BCUT2D eigenvalue weighted by Gasteiger charge is 2.17. The Morgan fingerprint density at radius 1 is 1.32 bits per heavy atom. The number of carbonyl (C=O) groups is 1. The summed E-state index contributed by atoms with van der Waals surface area (Å²) in [6.45, 7) is 6.15. The summed E-state index contributed by atoms with van der Waals surface area (Å²) < 4.78 is 0.870. The highest BCUT2D eigenvalue weighted by molar-refractivity contribution is 9.10. The molecular formula is C15H21BrClNO. The van der Waals surface area contributed by atoms with Crippen LogP contribution in [0.3, 0.4) is 0 Å². The molecule has 0 aliphatic carbocycles.